The van der Waals surface area contributed by atoms with Gasteiger partial charge < -0.3 is 9.88 Å². The second-order valence-electron chi connectivity index (χ2n) is 5.49. The van der Waals surface area contributed by atoms with Crippen molar-refractivity contribution in [1.82, 2.24) is 9.88 Å². The standard InChI is InChI=1S/C15H28N2/c1-7-11(2)8-12(3)16-10-15-9-13(4)17(6)14(15)5/h9,11-12,16H,7-8,10H2,1-6H3. The van der Waals surface area contributed by atoms with Gasteiger partial charge in [0.2, 0.25) is 0 Å². The summed E-state index contributed by atoms with van der Waals surface area (Å²) in [4.78, 5) is 0. The van der Waals surface area contributed by atoms with Crippen molar-refractivity contribution in [2.45, 2.75) is 60.0 Å². The number of nitrogens with zero attached hydrogens (tertiary/aromatic N) is 1. The number of hydrogen-bond acceptors (Lipinski definition) is 1. The van der Waals surface area contributed by atoms with Crippen LogP contribution in [-0.2, 0) is 13.6 Å². The normalized spacial score (nSPS) is 14.9. The molecule has 1 N–H and O–H groups in total. The first-order chi connectivity index (χ1) is 7.95. The molecule has 0 spiro atoms. The average molecular weight is 236 g/mol. The van der Waals surface area contributed by atoms with Gasteiger partial charge in [-0.3, -0.25) is 0 Å². The van der Waals surface area contributed by atoms with E-state index in [1.165, 1.54) is 29.8 Å². The summed E-state index contributed by atoms with van der Waals surface area (Å²) in [7, 11) is 2.14. The monoisotopic (exact) mass is 236 g/mol. The molecule has 1 heterocycles. The van der Waals surface area contributed by atoms with E-state index in [1.807, 2.05) is 0 Å². The van der Waals surface area contributed by atoms with Crippen molar-refractivity contribution in [3.63, 3.8) is 0 Å². The zero-order valence-electron chi connectivity index (χ0n) is 12.3. The highest BCUT2D eigenvalue weighted by atomic mass is 15.0. The molecule has 2 nitrogen and oxygen atoms in total. The number of aryl methyl sites for hydroxylation is 1. The minimum Gasteiger partial charge on any atom is -0.352 e. The largest absolute Gasteiger partial charge is 0.352 e. The van der Waals surface area contributed by atoms with E-state index in [2.05, 4.69) is 57.6 Å². The summed E-state index contributed by atoms with van der Waals surface area (Å²) in [6, 6.07) is 2.89. The Morgan fingerprint density at radius 2 is 1.94 bits per heavy atom. The minimum absolute atomic E-state index is 0.602. The summed E-state index contributed by atoms with van der Waals surface area (Å²) < 4.78 is 2.26. The Morgan fingerprint density at radius 1 is 1.29 bits per heavy atom. The summed E-state index contributed by atoms with van der Waals surface area (Å²) in [5, 5.41) is 3.63. The van der Waals surface area contributed by atoms with Crippen molar-refractivity contribution in [3.8, 4) is 0 Å². The van der Waals surface area contributed by atoms with Crippen LogP contribution in [0.2, 0.25) is 0 Å². The van der Waals surface area contributed by atoms with Crippen LogP contribution >= 0.6 is 0 Å². The van der Waals surface area contributed by atoms with Gasteiger partial charge in [0.1, 0.15) is 0 Å². The average Bonchev–Trinajstić information content (AvgIpc) is 2.54. The molecular formula is C15H28N2. The van der Waals surface area contributed by atoms with Gasteiger partial charge in [0.25, 0.3) is 0 Å². The molecular weight excluding hydrogens is 208 g/mol. The fourth-order valence-electron chi connectivity index (χ4n) is 2.25. The summed E-state index contributed by atoms with van der Waals surface area (Å²) >= 11 is 0. The highest BCUT2D eigenvalue weighted by Crippen LogP contribution is 2.14. The molecule has 2 heteroatoms. The number of hydrogen-bond donors (Lipinski definition) is 1. The molecule has 98 valence electrons. The van der Waals surface area contributed by atoms with Crippen molar-refractivity contribution >= 4 is 0 Å². The van der Waals surface area contributed by atoms with Crippen LogP contribution in [0.5, 0.6) is 0 Å². The van der Waals surface area contributed by atoms with E-state index in [4.69, 9.17) is 0 Å². The molecule has 1 aromatic heterocycles. The van der Waals surface area contributed by atoms with Crippen LogP contribution in [0.15, 0.2) is 6.07 Å². The van der Waals surface area contributed by atoms with Crippen molar-refractivity contribution in [2.75, 3.05) is 0 Å². The van der Waals surface area contributed by atoms with Gasteiger partial charge in [0, 0.05) is 31.0 Å². The SMILES string of the molecule is CCC(C)CC(C)NCc1cc(C)n(C)c1C. The lowest BCUT2D eigenvalue weighted by Crippen LogP contribution is -2.27. The van der Waals surface area contributed by atoms with Gasteiger partial charge in [0.15, 0.2) is 0 Å². The highest BCUT2D eigenvalue weighted by molar-refractivity contribution is 5.26. The third kappa shape index (κ3) is 3.88. The Bertz CT molecular complexity index is 352. The van der Waals surface area contributed by atoms with Crippen LogP contribution in [-0.4, -0.2) is 10.6 Å². The molecule has 1 aromatic rings. The Morgan fingerprint density at radius 3 is 2.41 bits per heavy atom. The van der Waals surface area contributed by atoms with E-state index in [1.54, 1.807) is 0 Å². The number of aromatic nitrogens is 1. The van der Waals surface area contributed by atoms with Crippen molar-refractivity contribution < 1.29 is 0 Å². The van der Waals surface area contributed by atoms with Crippen molar-refractivity contribution in [3.05, 3.63) is 23.0 Å². The third-order valence-electron chi connectivity index (χ3n) is 3.97. The van der Waals surface area contributed by atoms with Gasteiger partial charge in [-0.1, -0.05) is 20.3 Å². The highest BCUT2D eigenvalue weighted by Gasteiger charge is 2.09. The topological polar surface area (TPSA) is 17.0 Å². The Hall–Kier alpha value is -0.760. The summed E-state index contributed by atoms with van der Waals surface area (Å²) in [6.07, 6.45) is 2.54. The fraction of sp³-hybridized carbons (Fsp3) is 0.733. The van der Waals surface area contributed by atoms with E-state index in [9.17, 15) is 0 Å². The van der Waals surface area contributed by atoms with Crippen molar-refractivity contribution in [2.24, 2.45) is 13.0 Å². The second-order valence-corrected chi connectivity index (χ2v) is 5.49. The summed E-state index contributed by atoms with van der Waals surface area (Å²) in [6.45, 7) is 12.2. The second kappa shape index (κ2) is 6.25. The van der Waals surface area contributed by atoms with Gasteiger partial charge in [-0.2, -0.15) is 0 Å². The molecule has 0 saturated carbocycles. The molecule has 0 saturated heterocycles. The van der Waals surface area contributed by atoms with Gasteiger partial charge in [0.05, 0.1) is 0 Å². The van der Waals surface area contributed by atoms with E-state index < -0.39 is 0 Å². The lowest BCUT2D eigenvalue weighted by atomic mass is 10.0. The summed E-state index contributed by atoms with van der Waals surface area (Å²) in [5.41, 5.74) is 4.15. The third-order valence-corrected chi connectivity index (χ3v) is 3.97. The smallest absolute Gasteiger partial charge is 0.0225 e. The molecule has 17 heavy (non-hydrogen) atoms. The fourth-order valence-corrected chi connectivity index (χ4v) is 2.25. The molecule has 0 aliphatic rings. The van der Waals surface area contributed by atoms with E-state index in [0.29, 0.717) is 6.04 Å². The van der Waals surface area contributed by atoms with Crippen LogP contribution in [0.1, 0.15) is 50.6 Å². The predicted octanol–water partition coefficient (Wildman–Crippen LogP) is 3.56. The van der Waals surface area contributed by atoms with Gasteiger partial charge in [-0.25, -0.2) is 0 Å². The van der Waals surface area contributed by atoms with Crippen LogP contribution < -0.4 is 5.32 Å². The Kier molecular flexibility index (Phi) is 5.26. The minimum atomic E-state index is 0.602. The molecule has 0 radical (unpaired) electrons. The zero-order valence-corrected chi connectivity index (χ0v) is 12.3. The first kappa shape index (κ1) is 14.3. The summed E-state index contributed by atoms with van der Waals surface area (Å²) in [5.74, 6) is 0.816. The molecule has 1 rings (SSSR count). The van der Waals surface area contributed by atoms with Crippen LogP contribution in [0.3, 0.4) is 0 Å². The molecule has 0 aliphatic carbocycles. The Balaban J connectivity index is 2.47. The predicted molar refractivity (Wildman–Crippen MR) is 75.3 cm³/mol. The van der Waals surface area contributed by atoms with Gasteiger partial charge >= 0.3 is 0 Å². The molecule has 0 aromatic carbocycles. The first-order valence-corrected chi connectivity index (χ1v) is 6.80. The zero-order chi connectivity index (χ0) is 13.0. The number of rotatable bonds is 6. The van der Waals surface area contributed by atoms with Crippen LogP contribution in [0.4, 0.5) is 0 Å². The van der Waals surface area contributed by atoms with Crippen molar-refractivity contribution in [1.29, 1.82) is 0 Å². The molecule has 2 atom stereocenters. The maximum Gasteiger partial charge on any atom is 0.0225 e. The van der Waals surface area contributed by atoms with E-state index in [0.717, 1.165) is 12.5 Å². The van der Waals surface area contributed by atoms with E-state index in [-0.39, 0.29) is 0 Å². The van der Waals surface area contributed by atoms with Crippen LogP contribution in [0, 0.1) is 19.8 Å². The lowest BCUT2D eigenvalue weighted by Gasteiger charge is -2.17. The van der Waals surface area contributed by atoms with Gasteiger partial charge in [-0.05, 0) is 44.7 Å². The van der Waals surface area contributed by atoms with E-state index >= 15 is 0 Å². The molecule has 0 bridgehead atoms. The Labute approximate surface area is 106 Å². The quantitative estimate of drug-likeness (QED) is 0.799. The molecule has 2 unspecified atom stereocenters. The number of nitrogens with one attached hydrogen (secondary N) is 1. The molecule has 0 aliphatic heterocycles. The first-order valence-electron chi connectivity index (χ1n) is 6.80. The maximum absolute atomic E-state index is 3.63. The molecule has 0 fully saturated rings. The maximum atomic E-state index is 3.63. The lowest BCUT2D eigenvalue weighted by molar-refractivity contribution is 0.411. The molecule has 0 amide bonds. The van der Waals surface area contributed by atoms with Gasteiger partial charge in [-0.15, -0.1) is 0 Å². The van der Waals surface area contributed by atoms with Crippen LogP contribution in [0.25, 0.3) is 0 Å².